The molecule has 1 aliphatic heterocycles. The number of fused-ring (bicyclic) bond motifs is 1. The van der Waals surface area contributed by atoms with Crippen molar-refractivity contribution in [2.45, 2.75) is 32.0 Å². The first-order chi connectivity index (χ1) is 20.2. The second-order valence-corrected chi connectivity index (χ2v) is 10.5. The molecule has 11 heteroatoms. The van der Waals surface area contributed by atoms with Crippen molar-refractivity contribution < 1.29 is 41.0 Å². The van der Waals surface area contributed by atoms with Crippen LogP contribution in [0.25, 0.3) is 0 Å². The second kappa shape index (κ2) is 13.1. The van der Waals surface area contributed by atoms with Gasteiger partial charge < -0.3 is 19.5 Å². The van der Waals surface area contributed by atoms with Gasteiger partial charge in [0, 0.05) is 56.3 Å². The fraction of sp³-hybridized carbons (Fsp3) is 0.387. The van der Waals surface area contributed by atoms with E-state index in [0.29, 0.717) is 48.4 Å². The van der Waals surface area contributed by atoms with Crippen LogP contribution in [0.4, 0.5) is 22.0 Å². The van der Waals surface area contributed by atoms with E-state index in [1.807, 2.05) is 4.90 Å². The van der Waals surface area contributed by atoms with Crippen molar-refractivity contribution in [3.63, 3.8) is 0 Å². The van der Waals surface area contributed by atoms with Crippen molar-refractivity contribution in [1.82, 2.24) is 10.2 Å². The topological polar surface area (TPSA) is 60.0 Å². The molecule has 3 aromatic rings. The van der Waals surface area contributed by atoms with Gasteiger partial charge in [0.25, 0.3) is 0 Å². The van der Waals surface area contributed by atoms with Crippen LogP contribution in [0.2, 0.25) is 0 Å². The summed E-state index contributed by atoms with van der Waals surface area (Å²) in [4.78, 5) is 14.5. The largest absolute Gasteiger partial charge is 0.492 e. The highest BCUT2D eigenvalue weighted by Gasteiger charge is 2.55. The van der Waals surface area contributed by atoms with E-state index in [-0.39, 0.29) is 30.9 Å². The van der Waals surface area contributed by atoms with Crippen molar-refractivity contribution in [3.05, 3.63) is 94.8 Å². The van der Waals surface area contributed by atoms with Gasteiger partial charge in [0.2, 0.25) is 0 Å². The average Bonchev–Trinajstić information content (AvgIpc) is 3.41. The van der Waals surface area contributed by atoms with Crippen LogP contribution in [0.15, 0.2) is 54.6 Å². The van der Waals surface area contributed by atoms with Crippen LogP contribution in [0.1, 0.15) is 18.1 Å². The van der Waals surface area contributed by atoms with Crippen molar-refractivity contribution >= 4 is 5.97 Å². The molecule has 5 rings (SSSR count). The summed E-state index contributed by atoms with van der Waals surface area (Å²) >= 11 is 0. The fourth-order valence-corrected chi connectivity index (χ4v) is 5.43. The number of nitrogens with one attached hydrogen (secondary N) is 1. The quantitative estimate of drug-likeness (QED) is 0.130. The van der Waals surface area contributed by atoms with Crippen LogP contribution in [0.5, 0.6) is 11.5 Å². The van der Waals surface area contributed by atoms with Crippen LogP contribution in [-0.2, 0) is 22.5 Å². The number of benzene rings is 3. The van der Waals surface area contributed by atoms with Gasteiger partial charge in [0.1, 0.15) is 24.0 Å². The number of piperidine rings is 1. The van der Waals surface area contributed by atoms with Crippen molar-refractivity contribution in [1.29, 1.82) is 0 Å². The molecule has 0 radical (unpaired) electrons. The third-order valence-corrected chi connectivity index (χ3v) is 7.56. The first-order valence-corrected chi connectivity index (χ1v) is 13.8. The molecule has 1 heterocycles. The van der Waals surface area contributed by atoms with E-state index < -0.39 is 41.2 Å². The van der Waals surface area contributed by atoms with Gasteiger partial charge in [-0.3, -0.25) is 4.90 Å². The van der Waals surface area contributed by atoms with Gasteiger partial charge in [-0.05, 0) is 54.7 Å². The monoisotopic (exact) mass is 590 g/mol. The van der Waals surface area contributed by atoms with Gasteiger partial charge in [-0.15, -0.1) is 0 Å². The van der Waals surface area contributed by atoms with E-state index in [0.717, 1.165) is 37.4 Å². The molecule has 6 nitrogen and oxygen atoms in total. The van der Waals surface area contributed by atoms with Crippen LogP contribution >= 0.6 is 0 Å². The van der Waals surface area contributed by atoms with Gasteiger partial charge >= 0.3 is 5.97 Å². The van der Waals surface area contributed by atoms with Gasteiger partial charge in [0.05, 0.1) is 6.61 Å². The van der Waals surface area contributed by atoms with Gasteiger partial charge in [-0.1, -0.05) is 12.1 Å². The van der Waals surface area contributed by atoms with Crippen LogP contribution in [-0.4, -0.2) is 55.9 Å². The van der Waals surface area contributed by atoms with Crippen molar-refractivity contribution in [3.8, 4) is 11.5 Å². The Morgan fingerprint density at radius 3 is 2.36 bits per heavy atom. The van der Waals surface area contributed by atoms with E-state index in [1.54, 1.807) is 31.2 Å². The van der Waals surface area contributed by atoms with Crippen molar-refractivity contribution in [2.75, 3.05) is 32.8 Å². The number of hydrogen-bond acceptors (Lipinski definition) is 6. The van der Waals surface area contributed by atoms with Crippen molar-refractivity contribution in [2.24, 2.45) is 11.8 Å². The molecule has 1 unspecified atom stereocenters. The fourth-order valence-electron chi connectivity index (χ4n) is 5.43. The number of hydrogen-bond donors (Lipinski definition) is 1. The maximum Gasteiger partial charge on any atom is 0.347 e. The lowest BCUT2D eigenvalue weighted by molar-refractivity contribution is -0.151. The minimum absolute atomic E-state index is 0.0842. The Hall–Kier alpha value is -3.70. The molecule has 0 aromatic heterocycles. The van der Waals surface area contributed by atoms with E-state index in [9.17, 15) is 26.7 Å². The Kier molecular flexibility index (Phi) is 9.27. The standard InChI is InChI=1S/C31H31F5N2O4/c1-2-40-31(39)29(42-28-13-20(32)5-8-24(28)33)11-18-3-6-21(7-4-18)41-10-9-37-30-22-16-38(17-23(22)30)15-19-12-26(35)27(36)14-25(19)34/h3-8,12-14,22-23,29-30,37H,2,9-11,15-17H2,1H3/t22-,23+,29-,30?/m0/s1. The number of carbonyl (C=O) groups excluding carboxylic acids is 1. The molecule has 2 fully saturated rings. The summed E-state index contributed by atoms with van der Waals surface area (Å²) in [6.07, 6.45) is -1.08. The third-order valence-electron chi connectivity index (χ3n) is 7.56. The highest BCUT2D eigenvalue weighted by atomic mass is 19.2. The Balaban J connectivity index is 1.04. The first kappa shape index (κ1) is 29.8. The Morgan fingerprint density at radius 2 is 1.64 bits per heavy atom. The Morgan fingerprint density at radius 1 is 0.929 bits per heavy atom. The SMILES string of the molecule is CCOC(=O)[C@H](Cc1ccc(OCCNC2[C@H]3CN(Cc4cc(F)c(F)cc4F)C[C@@H]23)cc1)Oc1cc(F)ccc1F. The summed E-state index contributed by atoms with van der Waals surface area (Å²) in [5.74, 6) is -4.02. The van der Waals surface area contributed by atoms with E-state index in [1.165, 1.54) is 0 Å². The summed E-state index contributed by atoms with van der Waals surface area (Å²) in [6.45, 7) is 4.56. The van der Waals surface area contributed by atoms with Crippen LogP contribution in [0, 0.1) is 40.9 Å². The normalized spacial score (nSPS) is 20.2. The highest BCUT2D eigenvalue weighted by Crippen LogP contribution is 2.45. The molecule has 0 amide bonds. The minimum atomic E-state index is -1.18. The van der Waals surface area contributed by atoms with Crippen LogP contribution in [0.3, 0.4) is 0 Å². The molecular formula is C31H31F5N2O4. The zero-order valence-electron chi connectivity index (χ0n) is 22.9. The van der Waals surface area contributed by atoms with E-state index in [2.05, 4.69) is 5.32 Å². The molecule has 0 spiro atoms. The zero-order valence-corrected chi connectivity index (χ0v) is 22.9. The second-order valence-electron chi connectivity index (χ2n) is 10.5. The third kappa shape index (κ3) is 7.19. The number of carbonyl (C=O) groups is 1. The summed E-state index contributed by atoms with van der Waals surface area (Å²) in [5, 5.41) is 3.47. The summed E-state index contributed by atoms with van der Waals surface area (Å²) in [7, 11) is 0. The number of esters is 1. The van der Waals surface area contributed by atoms with E-state index in [4.69, 9.17) is 14.2 Å². The number of ether oxygens (including phenoxy) is 3. The molecule has 1 saturated heterocycles. The Bertz CT molecular complexity index is 1390. The minimum Gasteiger partial charge on any atom is -0.492 e. The highest BCUT2D eigenvalue weighted by molar-refractivity contribution is 5.75. The number of rotatable bonds is 13. The van der Waals surface area contributed by atoms with Gasteiger partial charge in [0.15, 0.2) is 29.3 Å². The summed E-state index contributed by atoms with van der Waals surface area (Å²) in [5.41, 5.74) is 0.873. The lowest BCUT2D eigenvalue weighted by atomic mass is 10.1. The van der Waals surface area contributed by atoms with Gasteiger partial charge in [-0.2, -0.15) is 0 Å². The Labute approximate surface area is 240 Å². The number of likely N-dealkylation sites (tertiary alicyclic amines) is 1. The lowest BCUT2D eigenvalue weighted by Crippen LogP contribution is -2.33. The molecule has 1 aliphatic carbocycles. The van der Waals surface area contributed by atoms with Gasteiger partial charge in [-0.25, -0.2) is 26.7 Å². The maximum atomic E-state index is 14.1. The molecule has 0 bridgehead atoms. The molecule has 42 heavy (non-hydrogen) atoms. The average molecular weight is 591 g/mol. The van der Waals surface area contributed by atoms with E-state index >= 15 is 0 Å². The molecule has 4 atom stereocenters. The molecule has 1 saturated carbocycles. The molecular weight excluding hydrogens is 559 g/mol. The lowest BCUT2D eigenvalue weighted by Gasteiger charge is -2.20. The predicted molar refractivity (Wildman–Crippen MR) is 143 cm³/mol. The summed E-state index contributed by atoms with van der Waals surface area (Å²) in [6, 6.07) is 11.7. The molecule has 1 N–H and O–H groups in total. The number of halogens is 5. The smallest absolute Gasteiger partial charge is 0.347 e. The molecule has 2 aliphatic rings. The predicted octanol–water partition coefficient (Wildman–Crippen LogP) is 5.03. The van der Waals surface area contributed by atoms with Crippen LogP contribution < -0.4 is 14.8 Å². The summed E-state index contributed by atoms with van der Waals surface area (Å²) < 4.78 is 84.6. The molecule has 3 aromatic carbocycles. The number of nitrogens with zero attached hydrogens (tertiary/aromatic N) is 1. The maximum absolute atomic E-state index is 14.1. The zero-order chi connectivity index (χ0) is 29.8. The first-order valence-electron chi connectivity index (χ1n) is 13.8. The molecule has 224 valence electrons.